The highest BCUT2D eigenvalue weighted by molar-refractivity contribution is 6.37. The fourth-order valence-corrected chi connectivity index (χ4v) is 5.87. The molecule has 0 saturated carbocycles. The maximum absolute atomic E-state index is 14.0. The average molecular weight is 647 g/mol. The molecule has 1 fully saturated rings. The van der Waals surface area contributed by atoms with Crippen LogP contribution in [-0.4, -0.2) is 74.3 Å². The van der Waals surface area contributed by atoms with Gasteiger partial charge in [-0.25, -0.2) is 4.39 Å². The summed E-state index contributed by atoms with van der Waals surface area (Å²) in [7, 11) is 3.86. The van der Waals surface area contributed by atoms with E-state index in [0.717, 1.165) is 48.6 Å². The Morgan fingerprint density at radius 3 is 2.29 bits per heavy atom. The minimum Gasteiger partial charge on any atom is -0.354 e. The Hall–Kier alpha value is -5.32. The van der Waals surface area contributed by atoms with E-state index in [0.29, 0.717) is 47.7 Å². The highest BCUT2D eigenvalue weighted by atomic mass is 19.1. The number of rotatable bonds is 10. The normalized spacial score (nSPS) is 15.8. The summed E-state index contributed by atoms with van der Waals surface area (Å²) < 4.78 is 14.0. The summed E-state index contributed by atoms with van der Waals surface area (Å²) in [6.07, 6.45) is 0.299. The van der Waals surface area contributed by atoms with Crippen molar-refractivity contribution in [1.82, 2.24) is 15.1 Å². The maximum atomic E-state index is 14.0. The second kappa shape index (κ2) is 14.6. The molecule has 2 aliphatic heterocycles. The van der Waals surface area contributed by atoms with Crippen LogP contribution >= 0.6 is 0 Å². The van der Waals surface area contributed by atoms with Crippen LogP contribution in [0.25, 0.3) is 11.3 Å². The fourth-order valence-electron chi connectivity index (χ4n) is 5.87. The van der Waals surface area contributed by atoms with Crippen LogP contribution < -0.4 is 20.9 Å². The van der Waals surface area contributed by atoms with Gasteiger partial charge in [0.15, 0.2) is 0 Å². The molecule has 0 spiro atoms. The molecule has 4 aromatic rings. The summed E-state index contributed by atoms with van der Waals surface area (Å²) in [6, 6.07) is 28.9. The molecular formula is C38H39FN6O3. The monoisotopic (exact) mass is 646 g/mol. The van der Waals surface area contributed by atoms with Gasteiger partial charge >= 0.3 is 0 Å². The van der Waals surface area contributed by atoms with Gasteiger partial charge in [-0.2, -0.15) is 0 Å². The number of likely N-dealkylation sites (N-methyl/N-ethyl adjacent to an activating group) is 2. The molecule has 48 heavy (non-hydrogen) atoms. The van der Waals surface area contributed by atoms with Crippen molar-refractivity contribution in [3.8, 4) is 0 Å². The first-order valence-corrected chi connectivity index (χ1v) is 16.0. The van der Waals surface area contributed by atoms with E-state index in [4.69, 9.17) is 0 Å². The molecule has 2 aliphatic rings. The molecule has 0 atom stereocenters. The van der Waals surface area contributed by atoms with Crippen molar-refractivity contribution in [3.63, 3.8) is 0 Å². The number of fused-ring (bicyclic) bond motifs is 1. The Balaban J connectivity index is 1.20. The number of nitrogens with one attached hydrogen (secondary N) is 3. The van der Waals surface area contributed by atoms with E-state index in [-0.39, 0.29) is 17.7 Å². The zero-order valence-electron chi connectivity index (χ0n) is 27.1. The Kier molecular flexibility index (Phi) is 9.94. The van der Waals surface area contributed by atoms with Gasteiger partial charge in [0.25, 0.3) is 5.91 Å². The van der Waals surface area contributed by atoms with Gasteiger partial charge in [0.05, 0.1) is 29.9 Å². The number of anilines is 3. The zero-order valence-corrected chi connectivity index (χ0v) is 27.1. The highest BCUT2D eigenvalue weighted by Crippen LogP contribution is 2.38. The Labute approximate surface area is 280 Å². The van der Waals surface area contributed by atoms with E-state index in [1.807, 2.05) is 78.9 Å². The lowest BCUT2D eigenvalue weighted by Gasteiger charge is -2.32. The van der Waals surface area contributed by atoms with Gasteiger partial charge in [-0.05, 0) is 66.2 Å². The van der Waals surface area contributed by atoms with Crippen molar-refractivity contribution >= 4 is 46.1 Å². The molecule has 3 amide bonds. The maximum Gasteiger partial charge on any atom is 0.258 e. The Morgan fingerprint density at radius 2 is 1.58 bits per heavy atom. The van der Waals surface area contributed by atoms with E-state index >= 15 is 0 Å². The molecule has 0 unspecified atom stereocenters. The molecule has 2 heterocycles. The van der Waals surface area contributed by atoms with E-state index in [1.165, 1.54) is 12.1 Å². The molecule has 0 aliphatic carbocycles. The lowest BCUT2D eigenvalue weighted by atomic mass is 9.99. The number of piperazine rings is 1. The predicted octanol–water partition coefficient (Wildman–Crippen LogP) is 4.83. The summed E-state index contributed by atoms with van der Waals surface area (Å²) >= 11 is 0. The molecule has 3 N–H and O–H groups in total. The molecule has 9 nitrogen and oxygen atoms in total. The molecule has 0 bridgehead atoms. The Morgan fingerprint density at radius 1 is 0.875 bits per heavy atom. The van der Waals surface area contributed by atoms with Gasteiger partial charge in [0.2, 0.25) is 11.8 Å². The largest absolute Gasteiger partial charge is 0.354 e. The number of amides is 3. The summed E-state index contributed by atoms with van der Waals surface area (Å²) in [5.41, 5.74) is 5.97. The average Bonchev–Trinajstić information content (AvgIpc) is 3.42. The summed E-state index contributed by atoms with van der Waals surface area (Å²) in [5, 5.41) is 9.17. The number of nitrogens with zero attached hydrogens (tertiary/aromatic N) is 3. The molecule has 4 aromatic carbocycles. The summed E-state index contributed by atoms with van der Waals surface area (Å²) in [5.74, 6) is -0.839. The van der Waals surface area contributed by atoms with Crippen LogP contribution in [0.15, 0.2) is 97.1 Å². The van der Waals surface area contributed by atoms with Crippen LogP contribution in [0.5, 0.6) is 0 Å². The van der Waals surface area contributed by atoms with E-state index in [9.17, 15) is 18.8 Å². The van der Waals surface area contributed by atoms with Crippen LogP contribution in [0, 0.1) is 5.82 Å². The van der Waals surface area contributed by atoms with Crippen molar-refractivity contribution in [2.24, 2.45) is 0 Å². The van der Waals surface area contributed by atoms with Crippen molar-refractivity contribution in [3.05, 3.63) is 125 Å². The number of hydrogen-bond donors (Lipinski definition) is 3. The third-order valence-electron chi connectivity index (χ3n) is 8.77. The van der Waals surface area contributed by atoms with Gasteiger partial charge in [0, 0.05) is 56.7 Å². The van der Waals surface area contributed by atoms with Crippen molar-refractivity contribution in [1.29, 1.82) is 0 Å². The zero-order chi connectivity index (χ0) is 33.6. The van der Waals surface area contributed by atoms with Gasteiger partial charge in [-0.1, -0.05) is 54.6 Å². The number of benzene rings is 4. The molecule has 10 heteroatoms. The van der Waals surface area contributed by atoms with Crippen LogP contribution in [0.1, 0.15) is 22.3 Å². The van der Waals surface area contributed by atoms with Gasteiger partial charge in [-0.3, -0.25) is 19.3 Å². The van der Waals surface area contributed by atoms with E-state index in [2.05, 4.69) is 32.8 Å². The third-order valence-corrected chi connectivity index (χ3v) is 8.77. The minimum absolute atomic E-state index is 0.0193. The summed E-state index contributed by atoms with van der Waals surface area (Å²) in [6.45, 7) is 4.34. The number of carbonyl (C=O) groups excluding carboxylic acids is 3. The smallest absolute Gasteiger partial charge is 0.258 e. The van der Waals surface area contributed by atoms with E-state index < -0.39 is 5.82 Å². The predicted molar refractivity (Wildman–Crippen MR) is 188 cm³/mol. The highest BCUT2D eigenvalue weighted by Gasteiger charge is 2.29. The standard InChI is InChI=1S/C38H39FN6O3/c1-43-18-20-45(21-19-43)25-35(47)44(2)31-15-13-30(14-16-31)41-37(36-32-17-12-29(39)23-33(32)42-38(36)48)28-10-8-27(9-11-28)24-40-34(46)22-26-6-4-3-5-7-26/h3-17,23,41H,18-22,24-25H2,1-2H3,(H,40,46)(H,42,48)/b37-36-. The molecule has 246 valence electrons. The number of halogens is 1. The van der Waals surface area contributed by atoms with E-state index in [1.54, 1.807) is 18.0 Å². The fraction of sp³-hybridized carbons (Fsp3) is 0.237. The first-order chi connectivity index (χ1) is 23.2. The molecule has 1 saturated heterocycles. The van der Waals surface area contributed by atoms with Crippen LogP contribution in [0.3, 0.4) is 0 Å². The second-order valence-corrected chi connectivity index (χ2v) is 12.2. The van der Waals surface area contributed by atoms with Gasteiger partial charge in [-0.15, -0.1) is 0 Å². The number of hydrogen-bond acceptors (Lipinski definition) is 6. The SMILES string of the molecule is CN1CCN(CC(=O)N(C)c2ccc(N/C(=C3\C(=O)Nc4cc(F)ccc43)c3ccc(CNC(=O)Cc4ccccc4)cc3)cc2)CC1. The second-order valence-electron chi connectivity index (χ2n) is 12.2. The first-order valence-electron chi connectivity index (χ1n) is 16.0. The lowest BCUT2D eigenvalue weighted by Crippen LogP contribution is -2.48. The van der Waals surface area contributed by atoms with Gasteiger partial charge < -0.3 is 25.8 Å². The first kappa shape index (κ1) is 32.6. The topological polar surface area (TPSA) is 97.0 Å². The van der Waals surface area contributed by atoms with Crippen LogP contribution in [0.2, 0.25) is 0 Å². The van der Waals surface area contributed by atoms with Gasteiger partial charge in [0.1, 0.15) is 5.82 Å². The minimum atomic E-state index is -0.439. The van der Waals surface area contributed by atoms with Crippen molar-refractivity contribution in [2.75, 3.05) is 62.4 Å². The Bertz CT molecular complexity index is 1820. The third kappa shape index (κ3) is 7.79. The molecule has 0 aromatic heterocycles. The molecule has 6 rings (SSSR count). The van der Waals surface area contributed by atoms with Crippen LogP contribution in [0.4, 0.5) is 21.5 Å². The molecule has 0 radical (unpaired) electrons. The van der Waals surface area contributed by atoms with Crippen LogP contribution in [-0.2, 0) is 27.3 Å². The quantitative estimate of drug-likeness (QED) is 0.214. The summed E-state index contributed by atoms with van der Waals surface area (Å²) in [4.78, 5) is 44.9. The van der Waals surface area contributed by atoms with Crippen molar-refractivity contribution < 1.29 is 18.8 Å². The lowest BCUT2D eigenvalue weighted by molar-refractivity contribution is -0.121. The number of carbonyl (C=O) groups is 3. The van der Waals surface area contributed by atoms with Crippen molar-refractivity contribution in [2.45, 2.75) is 13.0 Å². The molecular weight excluding hydrogens is 607 g/mol.